The average molecular weight is 178 g/mol. The summed E-state index contributed by atoms with van der Waals surface area (Å²) >= 11 is 0. The third kappa shape index (κ3) is 3.17. The van der Waals surface area contributed by atoms with E-state index in [-0.39, 0.29) is 6.61 Å². The predicted octanol–water partition coefficient (Wildman–Crippen LogP) is 1.21. The van der Waals surface area contributed by atoms with Crippen molar-refractivity contribution in [3.63, 3.8) is 0 Å². The molecule has 0 spiro atoms. The summed E-state index contributed by atoms with van der Waals surface area (Å²) < 4.78 is 4.98. The highest BCUT2D eigenvalue weighted by molar-refractivity contribution is 5.74. The van der Waals surface area contributed by atoms with Crippen LogP contribution in [0.4, 0.5) is 0 Å². The van der Waals surface area contributed by atoms with Gasteiger partial charge in [0.05, 0.1) is 6.61 Å². The van der Waals surface area contributed by atoms with E-state index in [0.717, 1.165) is 11.8 Å². The fourth-order valence-corrected chi connectivity index (χ4v) is 0.981. The minimum absolute atomic E-state index is 0.0886. The number of aldehydes is 2. The zero-order valence-electron chi connectivity index (χ0n) is 7.10. The lowest BCUT2D eigenvalue weighted by Gasteiger charge is -2.00. The van der Waals surface area contributed by atoms with Crippen molar-refractivity contribution in [3.05, 3.63) is 35.4 Å². The molecule has 0 saturated carbocycles. The van der Waals surface area contributed by atoms with E-state index < -0.39 is 0 Å². The van der Waals surface area contributed by atoms with E-state index in [1.165, 1.54) is 0 Å². The van der Waals surface area contributed by atoms with E-state index in [1.54, 1.807) is 18.2 Å². The third-order valence-electron chi connectivity index (χ3n) is 1.54. The maximum atomic E-state index is 10.4. The van der Waals surface area contributed by atoms with Crippen molar-refractivity contribution in [1.29, 1.82) is 0 Å². The molecular formula is C10H10O3. The average Bonchev–Trinajstić information content (AvgIpc) is 2.19. The topological polar surface area (TPSA) is 43.4 Å². The van der Waals surface area contributed by atoms with Crippen LogP contribution in [0.3, 0.4) is 0 Å². The van der Waals surface area contributed by atoms with Crippen molar-refractivity contribution in [2.75, 3.05) is 6.61 Å². The summed E-state index contributed by atoms with van der Waals surface area (Å²) in [7, 11) is 0. The first-order chi connectivity index (χ1) is 6.36. The van der Waals surface area contributed by atoms with E-state index in [1.807, 2.05) is 6.07 Å². The minimum atomic E-state index is 0.0886. The molecule has 1 aromatic carbocycles. The Hall–Kier alpha value is -1.48. The quantitative estimate of drug-likeness (QED) is 0.503. The lowest BCUT2D eigenvalue weighted by atomic mass is 10.1. The van der Waals surface area contributed by atoms with E-state index in [0.29, 0.717) is 18.5 Å². The second-order valence-electron chi connectivity index (χ2n) is 2.54. The zero-order valence-corrected chi connectivity index (χ0v) is 7.10. The van der Waals surface area contributed by atoms with E-state index in [4.69, 9.17) is 4.74 Å². The molecule has 1 rings (SSSR count). The van der Waals surface area contributed by atoms with Crippen LogP contribution in [0.15, 0.2) is 24.3 Å². The lowest BCUT2D eigenvalue weighted by molar-refractivity contribution is -0.112. The number of hydrogen-bond donors (Lipinski definition) is 0. The van der Waals surface area contributed by atoms with Crippen molar-refractivity contribution in [3.8, 4) is 0 Å². The molecule has 68 valence electrons. The van der Waals surface area contributed by atoms with Crippen LogP contribution in [0.2, 0.25) is 0 Å². The molecule has 0 heterocycles. The number of hydrogen-bond acceptors (Lipinski definition) is 3. The Balaban J connectivity index is 2.55. The minimum Gasteiger partial charge on any atom is -0.369 e. The summed E-state index contributed by atoms with van der Waals surface area (Å²) in [6, 6.07) is 7.08. The van der Waals surface area contributed by atoms with E-state index in [9.17, 15) is 9.59 Å². The third-order valence-corrected chi connectivity index (χ3v) is 1.54. The van der Waals surface area contributed by atoms with Gasteiger partial charge >= 0.3 is 0 Å². The maximum Gasteiger partial charge on any atom is 0.150 e. The normalized spacial score (nSPS) is 9.54. The van der Waals surface area contributed by atoms with Gasteiger partial charge in [0, 0.05) is 5.56 Å². The van der Waals surface area contributed by atoms with Gasteiger partial charge in [-0.25, -0.2) is 0 Å². The van der Waals surface area contributed by atoms with Gasteiger partial charge in [0.15, 0.2) is 0 Å². The highest BCUT2D eigenvalue weighted by Crippen LogP contribution is 2.04. The number of ether oxygens (including phenoxy) is 1. The fourth-order valence-electron chi connectivity index (χ4n) is 0.981. The van der Waals surface area contributed by atoms with Crippen LogP contribution in [0.25, 0.3) is 0 Å². The number of rotatable bonds is 5. The molecule has 0 aliphatic carbocycles. The van der Waals surface area contributed by atoms with Crippen LogP contribution in [-0.4, -0.2) is 19.2 Å². The highest BCUT2D eigenvalue weighted by atomic mass is 16.5. The first-order valence-corrected chi connectivity index (χ1v) is 3.92. The lowest BCUT2D eigenvalue weighted by Crippen LogP contribution is -1.96. The fraction of sp³-hybridized carbons (Fsp3) is 0.200. The first kappa shape index (κ1) is 9.61. The molecule has 3 nitrogen and oxygen atoms in total. The predicted molar refractivity (Wildman–Crippen MR) is 47.5 cm³/mol. The van der Waals surface area contributed by atoms with Crippen molar-refractivity contribution in [1.82, 2.24) is 0 Å². The number of carbonyl (C=O) groups is 2. The molecule has 3 heteroatoms. The van der Waals surface area contributed by atoms with Crippen LogP contribution < -0.4 is 0 Å². The zero-order chi connectivity index (χ0) is 9.52. The SMILES string of the molecule is O=CCOCc1cccc(C=O)c1. The molecule has 0 unspecified atom stereocenters. The molecule has 1 aromatic rings. The number of benzene rings is 1. The van der Waals surface area contributed by atoms with Crippen LogP contribution in [0, 0.1) is 0 Å². The molecule has 0 saturated heterocycles. The Kier molecular flexibility index (Phi) is 3.85. The Bertz CT molecular complexity index is 294. The Labute approximate surface area is 76.3 Å². The van der Waals surface area contributed by atoms with Gasteiger partial charge in [0.1, 0.15) is 19.2 Å². The highest BCUT2D eigenvalue weighted by Gasteiger charge is 1.94. The largest absolute Gasteiger partial charge is 0.369 e. The van der Waals surface area contributed by atoms with Gasteiger partial charge in [0.2, 0.25) is 0 Å². The van der Waals surface area contributed by atoms with Gasteiger partial charge in [-0.15, -0.1) is 0 Å². The van der Waals surface area contributed by atoms with Crippen molar-refractivity contribution >= 4 is 12.6 Å². The molecule has 0 N–H and O–H groups in total. The number of carbonyl (C=O) groups excluding carboxylic acids is 2. The standard InChI is InChI=1S/C10H10O3/c11-4-5-13-8-10-3-1-2-9(6-10)7-12/h1-4,6-7H,5,8H2. The Morgan fingerprint density at radius 1 is 1.31 bits per heavy atom. The summed E-state index contributed by atoms with van der Waals surface area (Å²) in [6.45, 7) is 0.450. The van der Waals surface area contributed by atoms with Gasteiger partial charge in [-0.3, -0.25) is 4.79 Å². The van der Waals surface area contributed by atoms with Crippen LogP contribution in [0.5, 0.6) is 0 Å². The molecule has 0 aromatic heterocycles. The van der Waals surface area contributed by atoms with E-state index >= 15 is 0 Å². The van der Waals surface area contributed by atoms with Crippen molar-refractivity contribution in [2.45, 2.75) is 6.61 Å². The van der Waals surface area contributed by atoms with Gasteiger partial charge in [-0.05, 0) is 11.6 Å². The molecular weight excluding hydrogens is 168 g/mol. The first-order valence-electron chi connectivity index (χ1n) is 3.92. The van der Waals surface area contributed by atoms with Gasteiger partial charge < -0.3 is 9.53 Å². The molecule has 13 heavy (non-hydrogen) atoms. The second kappa shape index (κ2) is 5.22. The monoisotopic (exact) mass is 178 g/mol. The summed E-state index contributed by atoms with van der Waals surface area (Å²) in [6.07, 6.45) is 1.48. The molecule has 0 fully saturated rings. The molecule has 0 radical (unpaired) electrons. The summed E-state index contributed by atoms with van der Waals surface area (Å²) in [4.78, 5) is 20.3. The van der Waals surface area contributed by atoms with Crippen molar-refractivity contribution in [2.24, 2.45) is 0 Å². The molecule has 0 amide bonds. The summed E-state index contributed by atoms with van der Waals surface area (Å²) in [5.74, 6) is 0. The Morgan fingerprint density at radius 3 is 2.85 bits per heavy atom. The Morgan fingerprint density at radius 2 is 2.15 bits per heavy atom. The van der Waals surface area contributed by atoms with Gasteiger partial charge in [-0.1, -0.05) is 18.2 Å². The summed E-state index contributed by atoms with van der Waals surface area (Å²) in [5, 5.41) is 0. The van der Waals surface area contributed by atoms with Gasteiger partial charge in [-0.2, -0.15) is 0 Å². The second-order valence-corrected chi connectivity index (χ2v) is 2.54. The molecule has 0 aliphatic rings. The van der Waals surface area contributed by atoms with E-state index in [2.05, 4.69) is 0 Å². The van der Waals surface area contributed by atoms with Crippen molar-refractivity contribution < 1.29 is 14.3 Å². The molecule has 0 bridgehead atoms. The van der Waals surface area contributed by atoms with Gasteiger partial charge in [0.25, 0.3) is 0 Å². The smallest absolute Gasteiger partial charge is 0.150 e. The van der Waals surface area contributed by atoms with Crippen LogP contribution in [-0.2, 0) is 16.1 Å². The van der Waals surface area contributed by atoms with Crippen LogP contribution >= 0.6 is 0 Å². The molecule has 0 atom stereocenters. The molecule has 0 aliphatic heterocycles. The maximum absolute atomic E-state index is 10.4. The summed E-state index contributed by atoms with van der Waals surface area (Å²) in [5.41, 5.74) is 1.51. The van der Waals surface area contributed by atoms with Crippen LogP contribution in [0.1, 0.15) is 15.9 Å².